The minimum absolute atomic E-state index is 0.266. The molecule has 1 aliphatic rings. The van der Waals surface area contributed by atoms with Crippen LogP contribution in [0.2, 0.25) is 0 Å². The third-order valence-corrected chi connectivity index (χ3v) is 4.23. The average Bonchev–Trinajstić information content (AvgIpc) is 2.71. The van der Waals surface area contributed by atoms with Gasteiger partial charge in [-0.2, -0.15) is 0 Å². The van der Waals surface area contributed by atoms with E-state index in [4.69, 9.17) is 4.74 Å². The van der Waals surface area contributed by atoms with E-state index in [0.29, 0.717) is 6.04 Å². The van der Waals surface area contributed by atoms with Gasteiger partial charge in [-0.05, 0) is 56.9 Å². The Hall–Kier alpha value is -1.06. The van der Waals surface area contributed by atoms with Gasteiger partial charge in [-0.15, -0.1) is 0 Å². The third-order valence-electron chi connectivity index (χ3n) is 4.23. The Morgan fingerprint density at radius 1 is 1.32 bits per heavy atom. The van der Waals surface area contributed by atoms with E-state index in [1.165, 1.54) is 23.1 Å². The van der Waals surface area contributed by atoms with Crippen LogP contribution in [0.25, 0.3) is 0 Å². The molecule has 19 heavy (non-hydrogen) atoms. The molecule has 1 aromatic rings. The van der Waals surface area contributed by atoms with Gasteiger partial charge in [0.25, 0.3) is 0 Å². The highest BCUT2D eigenvalue weighted by Crippen LogP contribution is 2.24. The highest BCUT2D eigenvalue weighted by atomic mass is 16.5. The molecule has 1 aliphatic heterocycles. The summed E-state index contributed by atoms with van der Waals surface area (Å²) in [7, 11) is 1.73. The van der Waals surface area contributed by atoms with E-state index in [2.05, 4.69) is 50.5 Å². The van der Waals surface area contributed by atoms with Gasteiger partial charge in [-0.1, -0.05) is 6.07 Å². The summed E-state index contributed by atoms with van der Waals surface area (Å²) in [5.41, 5.74) is 4.20. The lowest BCUT2D eigenvalue weighted by molar-refractivity contribution is 0.411. The van der Waals surface area contributed by atoms with Crippen molar-refractivity contribution in [2.24, 2.45) is 0 Å². The molecule has 1 heterocycles. The van der Waals surface area contributed by atoms with E-state index < -0.39 is 0 Å². The second kappa shape index (κ2) is 5.51. The minimum Gasteiger partial charge on any atom is -0.496 e. The van der Waals surface area contributed by atoms with Crippen molar-refractivity contribution in [2.75, 3.05) is 13.7 Å². The van der Waals surface area contributed by atoms with Crippen molar-refractivity contribution in [3.63, 3.8) is 0 Å². The summed E-state index contributed by atoms with van der Waals surface area (Å²) >= 11 is 0. The van der Waals surface area contributed by atoms with Gasteiger partial charge in [0.15, 0.2) is 0 Å². The fraction of sp³-hybridized carbons (Fsp3) is 0.625. The molecule has 0 bridgehead atoms. The molecule has 3 heteroatoms. The summed E-state index contributed by atoms with van der Waals surface area (Å²) in [6.45, 7) is 10.8. The van der Waals surface area contributed by atoms with Crippen LogP contribution in [-0.4, -0.2) is 25.2 Å². The topological polar surface area (TPSA) is 33.3 Å². The molecule has 0 saturated carbocycles. The van der Waals surface area contributed by atoms with Crippen LogP contribution >= 0.6 is 0 Å². The van der Waals surface area contributed by atoms with Crippen molar-refractivity contribution in [3.8, 4) is 5.75 Å². The third kappa shape index (κ3) is 3.28. The van der Waals surface area contributed by atoms with Crippen LogP contribution < -0.4 is 15.4 Å². The van der Waals surface area contributed by atoms with Gasteiger partial charge in [-0.3, -0.25) is 0 Å². The predicted octanol–water partition coefficient (Wildman–Crippen LogP) is 2.54. The second-order valence-corrected chi connectivity index (χ2v) is 6.22. The first-order valence-electron chi connectivity index (χ1n) is 7.04. The molecule has 2 rings (SSSR count). The highest BCUT2D eigenvalue weighted by Gasteiger charge is 2.29. The normalized spacial score (nSPS) is 21.6. The molecule has 106 valence electrons. The summed E-state index contributed by atoms with van der Waals surface area (Å²) in [6, 6.07) is 4.80. The first-order valence-corrected chi connectivity index (χ1v) is 7.04. The number of nitrogens with one attached hydrogen (secondary N) is 2. The summed E-state index contributed by atoms with van der Waals surface area (Å²) in [5.74, 6) is 0.977. The van der Waals surface area contributed by atoms with Crippen LogP contribution in [0, 0.1) is 13.8 Å². The summed E-state index contributed by atoms with van der Waals surface area (Å²) in [4.78, 5) is 0. The Morgan fingerprint density at radius 2 is 2.05 bits per heavy atom. The molecular formula is C16H26N2O. The summed E-state index contributed by atoms with van der Waals surface area (Å²) in [6.07, 6.45) is 1.18. The zero-order valence-corrected chi connectivity index (χ0v) is 12.8. The summed E-state index contributed by atoms with van der Waals surface area (Å²) in [5, 5.41) is 7.20. The molecule has 0 aromatic heterocycles. The number of ether oxygens (including phenoxy) is 1. The zero-order valence-electron chi connectivity index (χ0n) is 12.8. The lowest BCUT2D eigenvalue weighted by Crippen LogP contribution is -2.31. The Bertz CT molecular complexity index is 454. The van der Waals surface area contributed by atoms with Crippen LogP contribution in [0.5, 0.6) is 5.75 Å². The molecule has 3 nitrogen and oxygen atoms in total. The first kappa shape index (κ1) is 14.4. The monoisotopic (exact) mass is 262 g/mol. The molecule has 1 aromatic carbocycles. The molecule has 0 aliphatic carbocycles. The van der Waals surface area contributed by atoms with Gasteiger partial charge >= 0.3 is 0 Å². The number of hydrogen-bond acceptors (Lipinski definition) is 3. The van der Waals surface area contributed by atoms with E-state index in [0.717, 1.165) is 18.8 Å². The van der Waals surface area contributed by atoms with E-state index >= 15 is 0 Å². The lowest BCUT2D eigenvalue weighted by Gasteiger charge is -2.18. The van der Waals surface area contributed by atoms with E-state index in [9.17, 15) is 0 Å². The van der Waals surface area contributed by atoms with E-state index in [1.54, 1.807) is 7.11 Å². The average molecular weight is 262 g/mol. The maximum Gasteiger partial charge on any atom is 0.122 e. The molecular weight excluding hydrogens is 236 g/mol. The predicted molar refractivity (Wildman–Crippen MR) is 79.8 cm³/mol. The molecule has 1 saturated heterocycles. The van der Waals surface area contributed by atoms with Crippen LogP contribution in [-0.2, 0) is 6.54 Å². The van der Waals surface area contributed by atoms with E-state index in [-0.39, 0.29) is 5.54 Å². The van der Waals surface area contributed by atoms with Crippen LogP contribution in [0.15, 0.2) is 12.1 Å². The van der Waals surface area contributed by atoms with Gasteiger partial charge in [0.2, 0.25) is 0 Å². The second-order valence-electron chi connectivity index (χ2n) is 6.22. The van der Waals surface area contributed by atoms with Gasteiger partial charge in [0.05, 0.1) is 7.11 Å². The smallest absolute Gasteiger partial charge is 0.122 e. The van der Waals surface area contributed by atoms with Gasteiger partial charge in [-0.25, -0.2) is 0 Å². The van der Waals surface area contributed by atoms with Gasteiger partial charge < -0.3 is 15.4 Å². The minimum atomic E-state index is 0.266. The standard InChI is InChI=1S/C16H26N2O/c1-11-12(2)15(19-5)7-6-13(11)9-17-14-8-16(3,4)18-10-14/h6-7,14,17-18H,8-10H2,1-5H3. The zero-order chi connectivity index (χ0) is 14.0. The number of methoxy groups -OCH3 is 1. The molecule has 0 amide bonds. The van der Waals surface area contributed by atoms with Gasteiger partial charge in [0.1, 0.15) is 5.75 Å². The van der Waals surface area contributed by atoms with Crippen molar-refractivity contribution in [1.82, 2.24) is 10.6 Å². The molecule has 1 unspecified atom stereocenters. The fourth-order valence-corrected chi connectivity index (χ4v) is 2.82. The molecule has 1 fully saturated rings. The Balaban J connectivity index is 1.99. The van der Waals surface area contributed by atoms with Crippen molar-refractivity contribution in [3.05, 3.63) is 28.8 Å². The molecule has 2 N–H and O–H groups in total. The number of benzene rings is 1. The SMILES string of the molecule is COc1ccc(CNC2CNC(C)(C)C2)c(C)c1C. The Kier molecular flexibility index (Phi) is 4.16. The Morgan fingerprint density at radius 3 is 2.63 bits per heavy atom. The van der Waals surface area contributed by atoms with E-state index in [1.807, 2.05) is 0 Å². The van der Waals surface area contributed by atoms with Crippen molar-refractivity contribution < 1.29 is 4.74 Å². The van der Waals surface area contributed by atoms with Crippen molar-refractivity contribution in [1.29, 1.82) is 0 Å². The Labute approximate surface area is 116 Å². The van der Waals surface area contributed by atoms with Crippen LogP contribution in [0.4, 0.5) is 0 Å². The van der Waals surface area contributed by atoms with Crippen LogP contribution in [0.3, 0.4) is 0 Å². The van der Waals surface area contributed by atoms with Gasteiger partial charge in [0, 0.05) is 24.7 Å². The maximum absolute atomic E-state index is 5.36. The van der Waals surface area contributed by atoms with Crippen molar-refractivity contribution in [2.45, 2.75) is 52.2 Å². The molecule has 1 atom stereocenters. The molecule has 0 spiro atoms. The molecule has 0 radical (unpaired) electrons. The van der Waals surface area contributed by atoms with Crippen molar-refractivity contribution >= 4 is 0 Å². The largest absolute Gasteiger partial charge is 0.496 e. The first-order chi connectivity index (χ1) is 8.93. The summed E-state index contributed by atoms with van der Waals surface area (Å²) < 4.78 is 5.36. The van der Waals surface area contributed by atoms with Crippen LogP contribution in [0.1, 0.15) is 37.0 Å². The number of rotatable bonds is 4. The lowest BCUT2D eigenvalue weighted by atomic mass is 10.00. The maximum atomic E-state index is 5.36. The number of hydrogen-bond donors (Lipinski definition) is 2. The fourth-order valence-electron chi connectivity index (χ4n) is 2.82. The highest BCUT2D eigenvalue weighted by molar-refractivity contribution is 5.43. The quantitative estimate of drug-likeness (QED) is 0.875.